The number of anilines is 2. The van der Waals surface area contributed by atoms with Crippen molar-refractivity contribution in [2.24, 2.45) is 11.3 Å². The number of aliphatic hydroxyl groups excluding tert-OH is 1. The Morgan fingerprint density at radius 2 is 2.05 bits per heavy atom. The van der Waals surface area contributed by atoms with Gasteiger partial charge in [0.25, 0.3) is 0 Å². The molecule has 1 aromatic rings. The molecule has 0 radical (unpaired) electrons. The highest BCUT2D eigenvalue weighted by Gasteiger charge is 2.57. The summed E-state index contributed by atoms with van der Waals surface area (Å²) < 4.78 is 5.97. The van der Waals surface area contributed by atoms with E-state index in [1.54, 1.807) is 0 Å². The number of likely N-dealkylation sites (N-methyl/N-ethyl adjacent to an activating group) is 1. The fraction of sp³-hybridized carbons (Fsp3) is 0.667. The molecule has 3 unspecified atom stereocenters. The predicted octanol–water partition coefficient (Wildman–Crippen LogP) is 2.73. The van der Waals surface area contributed by atoms with Crippen LogP contribution >= 0.6 is 0 Å². The van der Waals surface area contributed by atoms with Crippen LogP contribution in [0, 0.1) is 11.3 Å². The van der Waals surface area contributed by atoms with E-state index >= 15 is 0 Å². The van der Waals surface area contributed by atoms with Crippen LogP contribution in [-0.2, 0) is 4.74 Å². The third kappa shape index (κ3) is 2.70. The second-order valence-corrected chi connectivity index (χ2v) is 7.23. The second kappa shape index (κ2) is 6.09. The molecule has 4 heteroatoms. The molecule has 0 aromatic heterocycles. The normalized spacial score (nSPS) is 29.4. The van der Waals surface area contributed by atoms with Crippen LogP contribution in [0.1, 0.15) is 26.7 Å². The molecule has 1 aromatic carbocycles. The van der Waals surface area contributed by atoms with Gasteiger partial charge in [0.2, 0.25) is 0 Å². The molecule has 0 amide bonds. The maximum Gasteiger partial charge on any atom is 0.0693 e. The zero-order valence-corrected chi connectivity index (χ0v) is 13.9. The molecule has 2 fully saturated rings. The second-order valence-electron chi connectivity index (χ2n) is 7.23. The van der Waals surface area contributed by atoms with Crippen LogP contribution in [0.15, 0.2) is 24.3 Å². The minimum absolute atomic E-state index is 0.176. The number of benzene rings is 1. The zero-order chi connectivity index (χ0) is 15.7. The molecule has 0 spiro atoms. The number of fused-ring (bicyclic) bond motifs is 1. The fourth-order valence-electron chi connectivity index (χ4n) is 4.09. The summed E-state index contributed by atoms with van der Waals surface area (Å²) in [7, 11) is 2.00. The van der Waals surface area contributed by atoms with E-state index in [0.717, 1.165) is 12.3 Å². The maximum atomic E-state index is 9.01. The Kier molecular flexibility index (Phi) is 4.33. The highest BCUT2D eigenvalue weighted by Crippen LogP contribution is 2.52. The highest BCUT2D eigenvalue weighted by molar-refractivity contribution is 5.55. The number of nitrogens with one attached hydrogen (secondary N) is 1. The summed E-state index contributed by atoms with van der Waals surface area (Å²) in [6.07, 6.45) is 2.86. The van der Waals surface area contributed by atoms with E-state index in [1.165, 1.54) is 18.5 Å². The number of ether oxygens (including phenoxy) is 1. The van der Waals surface area contributed by atoms with Gasteiger partial charge in [0.05, 0.1) is 12.7 Å². The van der Waals surface area contributed by atoms with Crippen molar-refractivity contribution in [2.45, 2.75) is 38.8 Å². The molecular formula is C18H28N2O2. The number of hydrogen-bond donors (Lipinski definition) is 2. The Bertz CT molecular complexity index is 500. The van der Waals surface area contributed by atoms with Crippen LogP contribution < -0.4 is 10.2 Å². The summed E-state index contributed by atoms with van der Waals surface area (Å²) in [4.78, 5) is 2.06. The molecule has 3 rings (SSSR count). The van der Waals surface area contributed by atoms with Gasteiger partial charge >= 0.3 is 0 Å². The Balaban J connectivity index is 1.66. The summed E-state index contributed by atoms with van der Waals surface area (Å²) in [5, 5.41) is 12.7. The summed E-state index contributed by atoms with van der Waals surface area (Å²) in [6.45, 7) is 6.36. The highest BCUT2D eigenvalue weighted by atomic mass is 16.5. The molecule has 3 atom stereocenters. The molecule has 2 aliphatic rings. The molecule has 1 aliphatic heterocycles. The molecule has 22 heavy (non-hydrogen) atoms. The Hall–Kier alpha value is -1.26. The third-order valence-corrected chi connectivity index (χ3v) is 5.40. The molecule has 0 bridgehead atoms. The van der Waals surface area contributed by atoms with Gasteiger partial charge in [0, 0.05) is 48.9 Å². The van der Waals surface area contributed by atoms with Crippen LogP contribution in [0.4, 0.5) is 11.4 Å². The van der Waals surface area contributed by atoms with Gasteiger partial charge in [0.15, 0.2) is 0 Å². The van der Waals surface area contributed by atoms with Gasteiger partial charge < -0.3 is 20.1 Å². The van der Waals surface area contributed by atoms with E-state index in [1.807, 2.05) is 7.05 Å². The summed E-state index contributed by atoms with van der Waals surface area (Å²) in [6, 6.07) is 8.97. The van der Waals surface area contributed by atoms with Gasteiger partial charge in [-0.2, -0.15) is 0 Å². The third-order valence-electron chi connectivity index (χ3n) is 5.40. The first-order chi connectivity index (χ1) is 10.5. The number of nitrogens with zero attached hydrogens (tertiary/aromatic N) is 1. The molecular weight excluding hydrogens is 276 g/mol. The van der Waals surface area contributed by atoms with Crippen LogP contribution in [0.2, 0.25) is 0 Å². The van der Waals surface area contributed by atoms with E-state index in [2.05, 4.69) is 48.3 Å². The molecule has 1 saturated heterocycles. The van der Waals surface area contributed by atoms with Crippen molar-refractivity contribution in [1.82, 2.24) is 0 Å². The van der Waals surface area contributed by atoms with Crippen molar-refractivity contribution in [2.75, 3.05) is 37.0 Å². The number of hydrogen-bond acceptors (Lipinski definition) is 4. The average Bonchev–Trinajstić information content (AvgIpc) is 2.53. The van der Waals surface area contributed by atoms with E-state index < -0.39 is 0 Å². The smallest absolute Gasteiger partial charge is 0.0693 e. The van der Waals surface area contributed by atoms with Crippen molar-refractivity contribution >= 4 is 11.4 Å². The van der Waals surface area contributed by atoms with Crippen LogP contribution in [0.5, 0.6) is 0 Å². The molecule has 122 valence electrons. The van der Waals surface area contributed by atoms with Gasteiger partial charge in [-0.1, -0.05) is 13.8 Å². The Labute approximate surface area is 133 Å². The first-order valence-corrected chi connectivity index (χ1v) is 8.34. The molecule has 1 aliphatic carbocycles. The Morgan fingerprint density at radius 3 is 2.73 bits per heavy atom. The zero-order valence-electron chi connectivity index (χ0n) is 13.9. The van der Waals surface area contributed by atoms with E-state index in [-0.39, 0.29) is 12.0 Å². The van der Waals surface area contributed by atoms with Gasteiger partial charge in [0.1, 0.15) is 0 Å². The fourth-order valence-corrected chi connectivity index (χ4v) is 4.09. The van der Waals surface area contributed by atoms with Crippen molar-refractivity contribution in [3.05, 3.63) is 24.3 Å². The molecule has 1 heterocycles. The SMILES string of the molecule is CN(CCO)c1ccc(NC2C3CCCOC3C2(C)C)cc1. The molecule has 4 nitrogen and oxygen atoms in total. The lowest BCUT2D eigenvalue weighted by Crippen LogP contribution is -2.67. The summed E-state index contributed by atoms with van der Waals surface area (Å²) in [5.74, 6) is 0.639. The predicted molar refractivity (Wildman–Crippen MR) is 90.5 cm³/mol. The summed E-state index contributed by atoms with van der Waals surface area (Å²) >= 11 is 0. The van der Waals surface area contributed by atoms with Crippen LogP contribution in [-0.4, -0.2) is 44.1 Å². The lowest BCUT2D eigenvalue weighted by Gasteiger charge is -2.60. The monoisotopic (exact) mass is 304 g/mol. The van der Waals surface area contributed by atoms with Gasteiger partial charge in [-0.25, -0.2) is 0 Å². The Morgan fingerprint density at radius 1 is 1.32 bits per heavy atom. The van der Waals surface area contributed by atoms with Crippen LogP contribution in [0.25, 0.3) is 0 Å². The standard InChI is InChI=1S/C18H28N2O2/c1-18(2)16(15-5-4-12-22-17(15)18)19-13-6-8-14(9-7-13)20(3)10-11-21/h6-9,15-17,19,21H,4-5,10-12H2,1-3H3. The van der Waals surface area contributed by atoms with Gasteiger partial charge in [-0.15, -0.1) is 0 Å². The molecule has 1 saturated carbocycles. The van der Waals surface area contributed by atoms with Crippen molar-refractivity contribution in [1.29, 1.82) is 0 Å². The lowest BCUT2D eigenvalue weighted by atomic mass is 9.55. The largest absolute Gasteiger partial charge is 0.395 e. The van der Waals surface area contributed by atoms with Crippen LogP contribution in [0.3, 0.4) is 0 Å². The first-order valence-electron chi connectivity index (χ1n) is 8.34. The summed E-state index contributed by atoms with van der Waals surface area (Å²) in [5.41, 5.74) is 2.49. The van der Waals surface area contributed by atoms with Crippen molar-refractivity contribution < 1.29 is 9.84 Å². The van der Waals surface area contributed by atoms with Gasteiger partial charge in [-0.05, 0) is 37.1 Å². The van der Waals surface area contributed by atoms with E-state index in [4.69, 9.17) is 9.84 Å². The molecule has 2 N–H and O–H groups in total. The number of aliphatic hydroxyl groups is 1. The quantitative estimate of drug-likeness (QED) is 0.878. The number of rotatable bonds is 5. The van der Waals surface area contributed by atoms with Crippen molar-refractivity contribution in [3.8, 4) is 0 Å². The van der Waals surface area contributed by atoms with Crippen molar-refractivity contribution in [3.63, 3.8) is 0 Å². The van der Waals surface area contributed by atoms with Gasteiger partial charge in [-0.3, -0.25) is 0 Å². The van der Waals surface area contributed by atoms with E-state index in [9.17, 15) is 0 Å². The minimum atomic E-state index is 0.176. The minimum Gasteiger partial charge on any atom is -0.395 e. The maximum absolute atomic E-state index is 9.01. The average molecular weight is 304 g/mol. The van der Waals surface area contributed by atoms with E-state index in [0.29, 0.717) is 24.6 Å². The topological polar surface area (TPSA) is 44.7 Å². The first kappa shape index (κ1) is 15.6. The lowest BCUT2D eigenvalue weighted by molar-refractivity contribution is -0.177.